The molecule has 0 radical (unpaired) electrons. The first-order valence-corrected chi connectivity index (χ1v) is 10.1. The minimum absolute atomic E-state index is 0.166. The Morgan fingerprint density at radius 1 is 0.828 bits per heavy atom. The number of carbonyl (C=O) groups is 2. The maximum Gasteiger partial charge on any atom is 0.305 e. The highest BCUT2D eigenvalue weighted by atomic mass is 16.6. The molecule has 0 aliphatic carbocycles. The fourth-order valence-electron chi connectivity index (χ4n) is 2.96. The van der Waals surface area contributed by atoms with E-state index in [1.165, 1.54) is 16.7 Å². The van der Waals surface area contributed by atoms with E-state index in [1.807, 2.05) is 55.5 Å². The third-order valence-corrected chi connectivity index (χ3v) is 4.49. The summed E-state index contributed by atoms with van der Waals surface area (Å²) in [4.78, 5) is 23.5. The van der Waals surface area contributed by atoms with Crippen molar-refractivity contribution in [2.24, 2.45) is 0 Å². The van der Waals surface area contributed by atoms with E-state index in [0.29, 0.717) is 25.7 Å². The quantitative estimate of drug-likeness (QED) is 0.551. The molecule has 0 aromatic heterocycles. The lowest BCUT2D eigenvalue weighted by Gasteiger charge is -2.12. The fraction of sp³-hybridized carbons (Fsp3) is 0.417. The highest BCUT2D eigenvalue weighted by Gasteiger charge is 2.12. The lowest BCUT2D eigenvalue weighted by Crippen LogP contribution is -2.25. The number of aliphatic hydroxyl groups excluding tert-OH is 1. The number of carbonyl (C=O) groups excluding carboxylic acids is 2. The molecule has 5 heteroatoms. The molecular formula is C24H30O5. The van der Waals surface area contributed by atoms with Gasteiger partial charge < -0.3 is 14.6 Å². The Morgan fingerprint density at radius 2 is 1.38 bits per heavy atom. The van der Waals surface area contributed by atoms with E-state index >= 15 is 0 Å². The van der Waals surface area contributed by atoms with Crippen molar-refractivity contribution < 1.29 is 24.2 Å². The van der Waals surface area contributed by atoms with Crippen molar-refractivity contribution in [2.75, 3.05) is 13.2 Å². The van der Waals surface area contributed by atoms with Crippen LogP contribution in [0.1, 0.15) is 42.4 Å². The van der Waals surface area contributed by atoms with E-state index in [-0.39, 0.29) is 25.2 Å². The number of rotatable bonds is 12. The summed E-state index contributed by atoms with van der Waals surface area (Å²) in [6, 6.07) is 18.1. The molecule has 1 unspecified atom stereocenters. The molecule has 0 saturated heterocycles. The Morgan fingerprint density at radius 3 is 1.97 bits per heavy atom. The van der Waals surface area contributed by atoms with E-state index in [9.17, 15) is 14.7 Å². The van der Waals surface area contributed by atoms with Gasteiger partial charge in [0.1, 0.15) is 19.3 Å². The molecule has 0 fully saturated rings. The zero-order valence-corrected chi connectivity index (χ0v) is 17.0. The molecule has 0 heterocycles. The van der Waals surface area contributed by atoms with E-state index < -0.39 is 6.10 Å². The third-order valence-electron chi connectivity index (χ3n) is 4.49. The number of aliphatic hydroxyl groups is 1. The van der Waals surface area contributed by atoms with Gasteiger partial charge in [-0.3, -0.25) is 9.59 Å². The zero-order valence-electron chi connectivity index (χ0n) is 17.0. The Hall–Kier alpha value is -2.66. The zero-order chi connectivity index (χ0) is 20.9. The van der Waals surface area contributed by atoms with Crippen LogP contribution in [0.3, 0.4) is 0 Å². The summed E-state index contributed by atoms with van der Waals surface area (Å²) >= 11 is 0. The number of esters is 2. The van der Waals surface area contributed by atoms with Crippen LogP contribution in [0, 0.1) is 6.92 Å². The minimum atomic E-state index is -1.01. The largest absolute Gasteiger partial charge is 0.463 e. The average molecular weight is 398 g/mol. The SMILES string of the molecule is Cc1cccc(CCCC(=O)OCC(O)COC(=O)CCCc2ccccc2)c1. The van der Waals surface area contributed by atoms with E-state index in [1.54, 1.807) is 0 Å². The van der Waals surface area contributed by atoms with Crippen LogP contribution in [0.25, 0.3) is 0 Å². The smallest absolute Gasteiger partial charge is 0.305 e. The van der Waals surface area contributed by atoms with Gasteiger partial charge in [0, 0.05) is 12.8 Å². The molecule has 29 heavy (non-hydrogen) atoms. The number of hydrogen-bond donors (Lipinski definition) is 1. The Labute approximate surface area is 172 Å². The standard InChI is InChI=1S/C24H30O5/c1-19-8-5-12-21(16-19)13-7-15-24(27)29-18-22(25)17-28-23(26)14-6-11-20-9-3-2-4-10-20/h2-5,8-10,12,16,22,25H,6-7,11,13-15,17-18H2,1H3. The van der Waals surface area contributed by atoms with Crippen molar-refractivity contribution in [3.63, 3.8) is 0 Å². The van der Waals surface area contributed by atoms with Gasteiger partial charge in [-0.05, 0) is 43.7 Å². The van der Waals surface area contributed by atoms with Gasteiger partial charge >= 0.3 is 11.9 Å². The number of ether oxygens (including phenoxy) is 2. The van der Waals surface area contributed by atoms with Crippen LogP contribution in [0.4, 0.5) is 0 Å². The molecule has 0 amide bonds. The second-order valence-electron chi connectivity index (χ2n) is 7.20. The predicted octanol–water partition coefficient (Wildman–Crippen LogP) is 3.79. The molecule has 0 saturated carbocycles. The van der Waals surface area contributed by atoms with Crippen molar-refractivity contribution in [1.82, 2.24) is 0 Å². The Bertz CT molecular complexity index is 757. The van der Waals surface area contributed by atoms with Crippen LogP contribution < -0.4 is 0 Å². The second-order valence-corrected chi connectivity index (χ2v) is 7.20. The van der Waals surface area contributed by atoms with Crippen LogP contribution in [0.2, 0.25) is 0 Å². The van der Waals surface area contributed by atoms with Gasteiger partial charge in [-0.15, -0.1) is 0 Å². The maximum absolute atomic E-state index is 11.8. The lowest BCUT2D eigenvalue weighted by atomic mass is 10.1. The van der Waals surface area contributed by atoms with Crippen molar-refractivity contribution in [1.29, 1.82) is 0 Å². The summed E-state index contributed by atoms with van der Waals surface area (Å²) in [7, 11) is 0. The summed E-state index contributed by atoms with van der Waals surface area (Å²) in [6.07, 6.45) is 2.57. The summed E-state index contributed by atoms with van der Waals surface area (Å²) in [5.41, 5.74) is 3.56. The predicted molar refractivity (Wildman–Crippen MR) is 111 cm³/mol. The van der Waals surface area contributed by atoms with Crippen LogP contribution in [0.5, 0.6) is 0 Å². The van der Waals surface area contributed by atoms with Gasteiger partial charge in [-0.1, -0.05) is 60.2 Å². The van der Waals surface area contributed by atoms with Crippen LogP contribution in [0.15, 0.2) is 54.6 Å². The molecule has 0 aliphatic heterocycles. The number of hydrogen-bond acceptors (Lipinski definition) is 5. The summed E-state index contributed by atoms with van der Waals surface area (Å²) < 4.78 is 10.1. The van der Waals surface area contributed by atoms with Gasteiger partial charge in [-0.2, -0.15) is 0 Å². The van der Waals surface area contributed by atoms with Crippen LogP contribution in [-0.2, 0) is 31.9 Å². The summed E-state index contributed by atoms with van der Waals surface area (Å²) in [6.45, 7) is 1.70. The van der Waals surface area contributed by atoms with Crippen molar-refractivity contribution >= 4 is 11.9 Å². The van der Waals surface area contributed by atoms with Gasteiger partial charge in [0.25, 0.3) is 0 Å². The third kappa shape index (κ3) is 9.90. The van der Waals surface area contributed by atoms with Crippen LogP contribution in [-0.4, -0.2) is 36.4 Å². The molecule has 2 aromatic rings. The van der Waals surface area contributed by atoms with Gasteiger partial charge in [0.05, 0.1) is 0 Å². The average Bonchev–Trinajstić information content (AvgIpc) is 2.71. The van der Waals surface area contributed by atoms with Gasteiger partial charge in [0.15, 0.2) is 0 Å². The molecule has 0 bridgehead atoms. The fourth-order valence-corrected chi connectivity index (χ4v) is 2.96. The summed E-state index contributed by atoms with van der Waals surface area (Å²) in [5, 5.41) is 9.83. The van der Waals surface area contributed by atoms with Gasteiger partial charge in [0.2, 0.25) is 0 Å². The first-order chi connectivity index (χ1) is 14.0. The topological polar surface area (TPSA) is 72.8 Å². The van der Waals surface area contributed by atoms with Crippen LogP contribution >= 0.6 is 0 Å². The van der Waals surface area contributed by atoms with E-state index in [2.05, 4.69) is 6.07 Å². The van der Waals surface area contributed by atoms with E-state index in [0.717, 1.165) is 12.8 Å². The first kappa shape index (κ1) is 22.6. The minimum Gasteiger partial charge on any atom is -0.463 e. The first-order valence-electron chi connectivity index (χ1n) is 10.1. The molecular weight excluding hydrogens is 368 g/mol. The molecule has 2 aromatic carbocycles. The number of aryl methyl sites for hydroxylation is 3. The van der Waals surface area contributed by atoms with Gasteiger partial charge in [-0.25, -0.2) is 0 Å². The summed E-state index contributed by atoms with van der Waals surface area (Å²) in [5.74, 6) is -0.713. The highest BCUT2D eigenvalue weighted by molar-refractivity contribution is 5.69. The van der Waals surface area contributed by atoms with E-state index in [4.69, 9.17) is 9.47 Å². The Balaban J connectivity index is 1.51. The Kier molecular flexibility index (Phi) is 9.93. The number of benzene rings is 2. The van der Waals surface area contributed by atoms with Crippen molar-refractivity contribution in [2.45, 2.75) is 51.6 Å². The lowest BCUT2D eigenvalue weighted by molar-refractivity contribution is -0.152. The molecule has 1 N–H and O–H groups in total. The molecule has 2 rings (SSSR count). The second kappa shape index (κ2) is 12.7. The van der Waals surface area contributed by atoms with Crippen molar-refractivity contribution in [3.05, 3.63) is 71.3 Å². The maximum atomic E-state index is 11.8. The van der Waals surface area contributed by atoms with Crippen molar-refractivity contribution in [3.8, 4) is 0 Å². The molecule has 5 nitrogen and oxygen atoms in total. The molecule has 0 spiro atoms. The molecule has 1 atom stereocenters. The normalized spacial score (nSPS) is 11.7. The monoisotopic (exact) mass is 398 g/mol. The molecule has 0 aliphatic rings. The highest BCUT2D eigenvalue weighted by Crippen LogP contribution is 2.09. The molecule has 156 valence electrons.